The zero-order chi connectivity index (χ0) is 13.0. The monoisotopic (exact) mass is 266 g/mol. The fourth-order valence-electron chi connectivity index (χ4n) is 1.38. The zero-order valence-corrected chi connectivity index (χ0v) is 10.4. The molecule has 0 radical (unpaired) electrons. The van der Waals surface area contributed by atoms with Crippen LogP contribution in [-0.4, -0.2) is 31.5 Å². The van der Waals surface area contributed by atoms with E-state index in [0.717, 1.165) is 5.69 Å². The van der Waals surface area contributed by atoms with Crippen molar-refractivity contribution in [3.63, 3.8) is 0 Å². The number of carbonyl (C=O) groups excluding carboxylic acids is 1. The number of hydrogen-bond donors (Lipinski definition) is 2. The maximum Gasteiger partial charge on any atom is 0.251 e. The third kappa shape index (κ3) is 3.01. The van der Waals surface area contributed by atoms with Crippen molar-refractivity contribution in [3.05, 3.63) is 34.4 Å². The van der Waals surface area contributed by atoms with Gasteiger partial charge in [-0.2, -0.15) is 5.21 Å². The molecule has 0 unspecified atom stereocenters. The Hall–Kier alpha value is -2.02. The van der Waals surface area contributed by atoms with E-state index in [2.05, 4.69) is 30.9 Å². The van der Waals surface area contributed by atoms with Crippen molar-refractivity contribution in [1.29, 1.82) is 0 Å². The van der Waals surface area contributed by atoms with Crippen LogP contribution >= 0.6 is 11.6 Å². The third-order valence-electron chi connectivity index (χ3n) is 2.27. The van der Waals surface area contributed by atoms with E-state index in [0.29, 0.717) is 23.0 Å². The number of nitrogens with zero attached hydrogens (tertiary/aromatic N) is 4. The second-order valence-corrected chi connectivity index (χ2v) is 3.92. The van der Waals surface area contributed by atoms with Crippen molar-refractivity contribution in [2.45, 2.75) is 19.9 Å². The van der Waals surface area contributed by atoms with Crippen LogP contribution < -0.4 is 5.32 Å². The molecule has 0 bridgehead atoms. The van der Waals surface area contributed by atoms with E-state index in [-0.39, 0.29) is 12.5 Å². The van der Waals surface area contributed by atoms with Gasteiger partial charge in [0.05, 0.1) is 6.54 Å². The highest BCUT2D eigenvalue weighted by molar-refractivity contribution is 6.29. The van der Waals surface area contributed by atoms with Crippen LogP contribution in [0.15, 0.2) is 12.1 Å². The summed E-state index contributed by atoms with van der Waals surface area (Å²) < 4.78 is 0. The molecule has 8 heteroatoms. The summed E-state index contributed by atoms with van der Waals surface area (Å²) in [7, 11) is 0. The highest BCUT2D eigenvalue weighted by atomic mass is 35.5. The Balaban J connectivity index is 2.06. The minimum absolute atomic E-state index is 0.205. The number of H-pyrrole nitrogens is 1. The summed E-state index contributed by atoms with van der Waals surface area (Å²) in [5.41, 5.74) is 1.24. The minimum Gasteiger partial charge on any atom is -0.345 e. The highest BCUT2D eigenvalue weighted by Crippen LogP contribution is 2.11. The van der Waals surface area contributed by atoms with E-state index in [9.17, 15) is 4.79 Å². The van der Waals surface area contributed by atoms with E-state index in [1.807, 2.05) is 6.92 Å². The number of hydrogen-bond acceptors (Lipinski definition) is 5. The summed E-state index contributed by atoms with van der Waals surface area (Å²) in [6.45, 7) is 2.15. The number of pyridine rings is 1. The maximum absolute atomic E-state index is 11.9. The summed E-state index contributed by atoms with van der Waals surface area (Å²) in [6.07, 6.45) is 0.714. The Bertz CT molecular complexity index is 541. The number of halogens is 1. The van der Waals surface area contributed by atoms with Crippen LogP contribution in [0.25, 0.3) is 0 Å². The number of rotatable bonds is 4. The molecule has 0 aliphatic carbocycles. The first-order valence-electron chi connectivity index (χ1n) is 5.36. The van der Waals surface area contributed by atoms with E-state index in [1.165, 1.54) is 6.07 Å². The zero-order valence-electron chi connectivity index (χ0n) is 9.64. The Morgan fingerprint density at radius 3 is 3.00 bits per heavy atom. The van der Waals surface area contributed by atoms with Crippen LogP contribution in [0.5, 0.6) is 0 Å². The molecule has 0 aliphatic rings. The van der Waals surface area contributed by atoms with Gasteiger partial charge in [0.1, 0.15) is 5.15 Å². The molecule has 0 aliphatic heterocycles. The smallest absolute Gasteiger partial charge is 0.251 e. The number of carbonyl (C=O) groups is 1. The minimum atomic E-state index is -0.251. The number of tetrazole rings is 1. The largest absolute Gasteiger partial charge is 0.345 e. The van der Waals surface area contributed by atoms with Crippen molar-refractivity contribution in [2.24, 2.45) is 0 Å². The fraction of sp³-hybridized carbons (Fsp3) is 0.300. The van der Waals surface area contributed by atoms with Crippen molar-refractivity contribution in [2.75, 3.05) is 0 Å². The molecule has 18 heavy (non-hydrogen) atoms. The van der Waals surface area contributed by atoms with Gasteiger partial charge in [0.2, 0.25) is 0 Å². The molecule has 0 fully saturated rings. The van der Waals surface area contributed by atoms with Crippen LogP contribution in [-0.2, 0) is 13.0 Å². The second kappa shape index (κ2) is 5.54. The van der Waals surface area contributed by atoms with Gasteiger partial charge in [0.25, 0.3) is 5.91 Å². The molecule has 2 aromatic rings. The van der Waals surface area contributed by atoms with Crippen LogP contribution in [0.2, 0.25) is 5.15 Å². The van der Waals surface area contributed by atoms with Crippen molar-refractivity contribution < 1.29 is 4.79 Å². The molecular formula is C10H11ClN6O. The number of amides is 1. The molecule has 0 saturated carbocycles. The van der Waals surface area contributed by atoms with E-state index in [1.54, 1.807) is 6.07 Å². The Kier molecular flexibility index (Phi) is 3.83. The van der Waals surface area contributed by atoms with Crippen molar-refractivity contribution in [1.82, 2.24) is 30.9 Å². The normalized spacial score (nSPS) is 10.3. The Morgan fingerprint density at radius 1 is 1.50 bits per heavy atom. The third-order valence-corrected chi connectivity index (χ3v) is 2.46. The van der Waals surface area contributed by atoms with Crippen molar-refractivity contribution in [3.8, 4) is 0 Å². The number of nitrogens with one attached hydrogen (secondary N) is 2. The Labute approximate surface area is 108 Å². The summed E-state index contributed by atoms with van der Waals surface area (Å²) in [5.74, 6) is 0.165. The van der Waals surface area contributed by atoms with Crippen LogP contribution in [0.4, 0.5) is 0 Å². The van der Waals surface area contributed by atoms with Gasteiger partial charge in [-0.25, -0.2) is 4.98 Å². The molecule has 0 saturated heterocycles. The van der Waals surface area contributed by atoms with E-state index in [4.69, 9.17) is 11.6 Å². The van der Waals surface area contributed by atoms with Gasteiger partial charge >= 0.3 is 0 Å². The molecule has 2 aromatic heterocycles. The van der Waals surface area contributed by atoms with E-state index < -0.39 is 0 Å². The molecule has 0 spiro atoms. The average molecular weight is 267 g/mol. The predicted octanol–water partition coefficient (Wildman–Crippen LogP) is 0.740. The molecule has 0 aromatic carbocycles. The summed E-state index contributed by atoms with van der Waals surface area (Å²) in [6, 6.07) is 3.23. The molecule has 0 atom stereocenters. The molecule has 2 heterocycles. The lowest BCUT2D eigenvalue weighted by molar-refractivity contribution is 0.0949. The Morgan fingerprint density at radius 2 is 2.33 bits per heavy atom. The summed E-state index contributed by atoms with van der Waals surface area (Å²) >= 11 is 5.84. The van der Waals surface area contributed by atoms with Crippen LogP contribution in [0.3, 0.4) is 0 Å². The topological polar surface area (TPSA) is 96.5 Å². The lowest BCUT2D eigenvalue weighted by Gasteiger charge is -2.05. The standard InChI is InChI=1S/C10H11ClN6O/c1-2-7-3-6(4-8(11)13-7)10(18)12-5-9-14-16-17-15-9/h3-4H,2,5H2,1H3,(H,12,18)(H,14,15,16,17). The lowest BCUT2D eigenvalue weighted by Crippen LogP contribution is -2.23. The number of aromatic amines is 1. The number of aryl methyl sites for hydroxylation is 1. The quantitative estimate of drug-likeness (QED) is 0.796. The summed E-state index contributed by atoms with van der Waals surface area (Å²) in [4.78, 5) is 16.0. The lowest BCUT2D eigenvalue weighted by atomic mass is 10.2. The van der Waals surface area contributed by atoms with E-state index >= 15 is 0 Å². The SMILES string of the molecule is CCc1cc(C(=O)NCc2nn[nH]n2)cc(Cl)n1. The van der Waals surface area contributed by atoms with Gasteiger partial charge in [-0.3, -0.25) is 4.79 Å². The average Bonchev–Trinajstić information content (AvgIpc) is 2.88. The van der Waals surface area contributed by atoms with Gasteiger partial charge in [-0.15, -0.1) is 10.2 Å². The first-order chi connectivity index (χ1) is 8.69. The molecule has 2 N–H and O–H groups in total. The highest BCUT2D eigenvalue weighted by Gasteiger charge is 2.09. The second-order valence-electron chi connectivity index (χ2n) is 3.53. The molecule has 2 rings (SSSR count). The molecule has 1 amide bonds. The molecule has 7 nitrogen and oxygen atoms in total. The number of aromatic nitrogens is 5. The first-order valence-corrected chi connectivity index (χ1v) is 5.74. The van der Waals surface area contributed by atoms with Gasteiger partial charge in [-0.05, 0) is 18.6 Å². The molecule has 94 valence electrons. The van der Waals surface area contributed by atoms with Gasteiger partial charge in [0, 0.05) is 11.3 Å². The van der Waals surface area contributed by atoms with Crippen LogP contribution in [0.1, 0.15) is 28.8 Å². The van der Waals surface area contributed by atoms with Crippen molar-refractivity contribution >= 4 is 17.5 Å². The first kappa shape index (κ1) is 12.4. The fourth-order valence-corrected chi connectivity index (χ4v) is 1.61. The van der Waals surface area contributed by atoms with Gasteiger partial charge in [-0.1, -0.05) is 23.7 Å². The van der Waals surface area contributed by atoms with Gasteiger partial charge in [0.15, 0.2) is 5.82 Å². The maximum atomic E-state index is 11.9. The van der Waals surface area contributed by atoms with Crippen LogP contribution in [0, 0.1) is 0 Å². The predicted molar refractivity (Wildman–Crippen MR) is 64.0 cm³/mol. The summed E-state index contributed by atoms with van der Waals surface area (Å²) in [5, 5.41) is 16.1. The van der Waals surface area contributed by atoms with Gasteiger partial charge < -0.3 is 5.32 Å². The molecular weight excluding hydrogens is 256 g/mol.